The molecule has 2 fully saturated rings. The van der Waals surface area contributed by atoms with Crippen LogP contribution < -0.4 is 5.32 Å². The summed E-state index contributed by atoms with van der Waals surface area (Å²) in [7, 11) is 0. The number of nitrogens with one attached hydrogen (secondary N) is 1. The number of rotatable bonds is 7. The zero-order valence-corrected chi connectivity index (χ0v) is 14.9. The molecule has 2 aliphatic rings. The molecule has 1 atom stereocenters. The van der Waals surface area contributed by atoms with Gasteiger partial charge < -0.3 is 15.1 Å². The van der Waals surface area contributed by atoms with Crippen molar-refractivity contribution in [1.29, 1.82) is 0 Å². The fourth-order valence-corrected chi connectivity index (χ4v) is 3.93. The van der Waals surface area contributed by atoms with Crippen LogP contribution in [0.25, 0.3) is 0 Å². The van der Waals surface area contributed by atoms with E-state index in [1.807, 2.05) is 0 Å². The van der Waals surface area contributed by atoms with Crippen LogP contribution in [0.2, 0.25) is 0 Å². The third-order valence-corrected chi connectivity index (χ3v) is 5.30. The lowest BCUT2D eigenvalue weighted by molar-refractivity contribution is 0.155. The summed E-state index contributed by atoms with van der Waals surface area (Å²) in [4.78, 5) is 5.13. The number of likely N-dealkylation sites (tertiary alicyclic amines) is 1. The van der Waals surface area contributed by atoms with Crippen LogP contribution in [0.15, 0.2) is 0 Å². The van der Waals surface area contributed by atoms with Crippen LogP contribution in [0.4, 0.5) is 0 Å². The van der Waals surface area contributed by atoms with Gasteiger partial charge in [-0.2, -0.15) is 0 Å². The summed E-state index contributed by atoms with van der Waals surface area (Å²) in [5, 5.41) is 4.39. The molecule has 0 radical (unpaired) electrons. The van der Waals surface area contributed by atoms with Crippen LogP contribution in [0.3, 0.4) is 0 Å². The fraction of sp³-hybridized carbons (Fsp3) is 0.941. The Morgan fingerprint density at radius 2 is 2.00 bits per heavy atom. The molecule has 0 aromatic heterocycles. The number of nitrogens with zero attached hydrogens (tertiary/aromatic N) is 2. The van der Waals surface area contributed by atoms with Gasteiger partial charge in [0.05, 0.1) is 0 Å². The molecular weight excluding hydrogens is 278 g/mol. The Bertz CT molecular complexity index is 324. The quantitative estimate of drug-likeness (QED) is 0.728. The Kier molecular flexibility index (Phi) is 6.74. The molecule has 0 aromatic rings. The molecule has 4 heteroatoms. The summed E-state index contributed by atoms with van der Waals surface area (Å²) >= 11 is 5.52. The van der Waals surface area contributed by atoms with Crippen molar-refractivity contribution in [1.82, 2.24) is 15.1 Å². The summed E-state index contributed by atoms with van der Waals surface area (Å²) in [5.74, 6) is 1.58. The van der Waals surface area contributed by atoms with Gasteiger partial charge in [0, 0.05) is 19.1 Å². The number of hydrogen-bond acceptors (Lipinski definition) is 2. The van der Waals surface area contributed by atoms with Gasteiger partial charge in [-0.15, -0.1) is 0 Å². The number of unbranched alkanes of at least 4 members (excludes halogenated alkanes) is 1. The number of piperidine rings is 1. The van der Waals surface area contributed by atoms with E-state index in [0.717, 1.165) is 23.5 Å². The third-order valence-electron chi connectivity index (χ3n) is 4.92. The maximum Gasteiger partial charge on any atom is 0.169 e. The van der Waals surface area contributed by atoms with Gasteiger partial charge in [0.2, 0.25) is 0 Å². The lowest BCUT2D eigenvalue weighted by Gasteiger charge is -2.36. The second kappa shape index (κ2) is 8.33. The second-order valence-electron chi connectivity index (χ2n) is 7.26. The van der Waals surface area contributed by atoms with E-state index >= 15 is 0 Å². The molecule has 0 bridgehead atoms. The van der Waals surface area contributed by atoms with E-state index in [2.05, 4.69) is 35.9 Å². The third kappa shape index (κ3) is 5.10. The Morgan fingerprint density at radius 3 is 2.62 bits per heavy atom. The van der Waals surface area contributed by atoms with Gasteiger partial charge in [-0.25, -0.2) is 0 Å². The molecule has 0 aliphatic carbocycles. The van der Waals surface area contributed by atoms with Gasteiger partial charge in [0.25, 0.3) is 0 Å². The van der Waals surface area contributed by atoms with E-state index < -0.39 is 0 Å². The van der Waals surface area contributed by atoms with E-state index in [0.29, 0.717) is 6.04 Å². The van der Waals surface area contributed by atoms with Gasteiger partial charge in [-0.3, -0.25) is 0 Å². The summed E-state index contributed by atoms with van der Waals surface area (Å²) in [6, 6.07) is 0.621. The summed E-state index contributed by atoms with van der Waals surface area (Å²) in [6.45, 7) is 13.0. The lowest BCUT2D eigenvalue weighted by atomic mass is 9.95. The highest BCUT2D eigenvalue weighted by Crippen LogP contribution is 2.23. The highest BCUT2D eigenvalue weighted by Gasteiger charge is 2.31. The zero-order valence-electron chi connectivity index (χ0n) is 14.1. The minimum absolute atomic E-state index is 0.621. The SMILES string of the molecule is CCCCN1CCC(CN2C(=S)NC[C@@H]2CC(C)C)CC1. The van der Waals surface area contributed by atoms with Gasteiger partial charge in [-0.1, -0.05) is 27.2 Å². The summed E-state index contributed by atoms with van der Waals surface area (Å²) < 4.78 is 0. The van der Waals surface area contributed by atoms with Crippen LogP contribution in [0.5, 0.6) is 0 Å². The van der Waals surface area contributed by atoms with Crippen molar-refractivity contribution >= 4 is 17.3 Å². The predicted molar refractivity (Wildman–Crippen MR) is 94.6 cm³/mol. The molecule has 2 saturated heterocycles. The highest BCUT2D eigenvalue weighted by atomic mass is 32.1. The van der Waals surface area contributed by atoms with Crippen LogP contribution in [0, 0.1) is 11.8 Å². The predicted octanol–water partition coefficient (Wildman–Crippen LogP) is 3.10. The smallest absolute Gasteiger partial charge is 0.169 e. The van der Waals surface area contributed by atoms with Gasteiger partial charge in [0.15, 0.2) is 5.11 Å². The molecule has 0 aromatic carbocycles. The van der Waals surface area contributed by atoms with Gasteiger partial charge >= 0.3 is 0 Å². The van der Waals surface area contributed by atoms with E-state index in [-0.39, 0.29) is 0 Å². The Hall–Kier alpha value is -0.350. The molecule has 2 heterocycles. The molecule has 122 valence electrons. The van der Waals surface area contributed by atoms with Crippen molar-refractivity contribution in [3.63, 3.8) is 0 Å². The van der Waals surface area contributed by atoms with Crippen molar-refractivity contribution < 1.29 is 0 Å². The Morgan fingerprint density at radius 1 is 1.29 bits per heavy atom. The molecule has 3 nitrogen and oxygen atoms in total. The Balaban J connectivity index is 1.77. The van der Waals surface area contributed by atoms with E-state index in [4.69, 9.17) is 12.2 Å². The molecular formula is C17H33N3S. The molecule has 2 rings (SSSR count). The molecule has 2 aliphatic heterocycles. The Labute approximate surface area is 136 Å². The number of thiocarbonyl (C=S) groups is 1. The zero-order chi connectivity index (χ0) is 15.2. The topological polar surface area (TPSA) is 18.5 Å². The first-order valence-electron chi connectivity index (χ1n) is 8.87. The van der Waals surface area contributed by atoms with Crippen LogP contribution in [0.1, 0.15) is 52.9 Å². The fourth-order valence-electron chi connectivity index (χ4n) is 3.62. The van der Waals surface area contributed by atoms with Crippen molar-refractivity contribution in [2.75, 3.05) is 32.7 Å². The van der Waals surface area contributed by atoms with E-state index in [9.17, 15) is 0 Å². The van der Waals surface area contributed by atoms with Crippen LogP contribution >= 0.6 is 12.2 Å². The highest BCUT2D eigenvalue weighted by molar-refractivity contribution is 7.80. The molecule has 0 unspecified atom stereocenters. The molecule has 0 amide bonds. The van der Waals surface area contributed by atoms with Crippen molar-refractivity contribution in [3.8, 4) is 0 Å². The van der Waals surface area contributed by atoms with Crippen molar-refractivity contribution in [3.05, 3.63) is 0 Å². The standard InChI is InChI=1S/C17H33N3S/c1-4-5-8-19-9-6-15(7-10-19)13-20-16(11-14(2)3)12-18-17(20)21/h14-16H,4-13H2,1-3H3,(H,18,21)/t16-/m0/s1. The largest absolute Gasteiger partial charge is 0.360 e. The second-order valence-corrected chi connectivity index (χ2v) is 7.65. The average Bonchev–Trinajstić information content (AvgIpc) is 2.79. The lowest BCUT2D eigenvalue weighted by Crippen LogP contribution is -2.42. The molecule has 0 spiro atoms. The molecule has 0 saturated carbocycles. The van der Waals surface area contributed by atoms with Gasteiger partial charge in [-0.05, 0) is 69.4 Å². The summed E-state index contributed by atoms with van der Waals surface area (Å²) in [5.41, 5.74) is 0. The van der Waals surface area contributed by atoms with Crippen LogP contribution in [-0.4, -0.2) is 53.7 Å². The minimum Gasteiger partial charge on any atom is -0.360 e. The van der Waals surface area contributed by atoms with E-state index in [1.165, 1.54) is 58.3 Å². The van der Waals surface area contributed by atoms with Gasteiger partial charge in [0.1, 0.15) is 0 Å². The normalized spacial score (nSPS) is 24.9. The maximum atomic E-state index is 5.52. The van der Waals surface area contributed by atoms with E-state index in [1.54, 1.807) is 0 Å². The van der Waals surface area contributed by atoms with Crippen molar-refractivity contribution in [2.24, 2.45) is 11.8 Å². The molecule has 1 N–H and O–H groups in total. The maximum absolute atomic E-state index is 5.52. The first-order chi connectivity index (χ1) is 10.1. The number of hydrogen-bond donors (Lipinski definition) is 1. The monoisotopic (exact) mass is 311 g/mol. The summed E-state index contributed by atoms with van der Waals surface area (Å²) in [6.07, 6.45) is 6.60. The van der Waals surface area contributed by atoms with Crippen LogP contribution in [-0.2, 0) is 0 Å². The van der Waals surface area contributed by atoms with Crippen molar-refractivity contribution in [2.45, 2.75) is 58.9 Å². The molecule has 21 heavy (non-hydrogen) atoms. The first kappa shape index (κ1) is 17.0. The first-order valence-corrected chi connectivity index (χ1v) is 9.27. The average molecular weight is 312 g/mol. The minimum atomic E-state index is 0.621.